The highest BCUT2D eigenvalue weighted by atomic mass is 32.1. The summed E-state index contributed by atoms with van der Waals surface area (Å²) in [4.78, 5) is 12.6. The normalized spacial score (nSPS) is 11.3. The lowest BCUT2D eigenvalue weighted by molar-refractivity contribution is 0.0927. The summed E-state index contributed by atoms with van der Waals surface area (Å²) in [6.45, 7) is 7.98. The van der Waals surface area contributed by atoms with Gasteiger partial charge in [0.05, 0.1) is 0 Å². The summed E-state index contributed by atoms with van der Waals surface area (Å²) in [6, 6.07) is 7.35. The van der Waals surface area contributed by atoms with Gasteiger partial charge >= 0.3 is 0 Å². The summed E-state index contributed by atoms with van der Waals surface area (Å²) in [6.07, 6.45) is 0.890. The molecule has 1 aromatic rings. The predicted octanol–water partition coefficient (Wildman–Crippen LogP) is 4.23. The van der Waals surface area contributed by atoms with Gasteiger partial charge in [0.2, 0.25) is 0 Å². The zero-order valence-electron chi connectivity index (χ0n) is 9.95. The van der Waals surface area contributed by atoms with E-state index in [2.05, 4.69) is 12.6 Å². The van der Waals surface area contributed by atoms with Crippen molar-refractivity contribution in [2.45, 2.75) is 39.0 Å². The molecule has 0 aromatic heterocycles. The van der Waals surface area contributed by atoms with Crippen molar-refractivity contribution in [1.29, 1.82) is 0 Å². The van der Waals surface area contributed by atoms with Gasteiger partial charge in [-0.1, -0.05) is 39.8 Å². The zero-order chi connectivity index (χ0) is 11.8. The summed E-state index contributed by atoms with van der Waals surface area (Å²) >= 11 is 4.16. The van der Waals surface area contributed by atoms with Gasteiger partial charge in [0.25, 0.3) is 0 Å². The van der Waals surface area contributed by atoms with E-state index in [0.29, 0.717) is 0 Å². The van der Waals surface area contributed by atoms with E-state index in [1.54, 1.807) is 0 Å². The van der Waals surface area contributed by atoms with Crippen molar-refractivity contribution in [3.63, 3.8) is 0 Å². The lowest BCUT2D eigenvalue weighted by Gasteiger charge is -2.06. The Morgan fingerprint density at radius 1 is 1.27 bits per heavy atom. The van der Waals surface area contributed by atoms with E-state index in [-0.39, 0.29) is 11.7 Å². The highest BCUT2D eigenvalue weighted by molar-refractivity contribution is 7.80. The van der Waals surface area contributed by atoms with Gasteiger partial charge in [-0.05, 0) is 18.6 Å². The van der Waals surface area contributed by atoms with Gasteiger partial charge in [0.15, 0.2) is 5.78 Å². The molecular formula is C13H20OS. The Labute approximate surface area is 98.3 Å². The van der Waals surface area contributed by atoms with Crippen LogP contribution in [0.5, 0.6) is 0 Å². The second-order valence-electron chi connectivity index (χ2n) is 3.22. The molecule has 0 amide bonds. The lowest BCUT2D eigenvalue weighted by Crippen LogP contribution is -2.09. The van der Waals surface area contributed by atoms with Crippen LogP contribution in [0.1, 0.15) is 44.5 Å². The average molecular weight is 224 g/mol. The summed E-state index contributed by atoms with van der Waals surface area (Å²) in [5.41, 5.74) is 0.784. The number of carbonyl (C=O) groups is 1. The van der Waals surface area contributed by atoms with E-state index in [4.69, 9.17) is 0 Å². The highest BCUT2D eigenvalue weighted by Crippen LogP contribution is 2.13. The molecule has 0 saturated carbocycles. The molecule has 0 heterocycles. The van der Waals surface area contributed by atoms with Crippen LogP contribution in [0.15, 0.2) is 29.2 Å². The van der Waals surface area contributed by atoms with Gasteiger partial charge in [-0.3, -0.25) is 4.79 Å². The van der Waals surface area contributed by atoms with Crippen molar-refractivity contribution in [2.75, 3.05) is 0 Å². The molecule has 0 aliphatic carbocycles. The van der Waals surface area contributed by atoms with Crippen LogP contribution in [0.4, 0.5) is 0 Å². The first-order valence-electron chi connectivity index (χ1n) is 5.48. The maximum Gasteiger partial charge on any atom is 0.165 e. The third-order valence-electron chi connectivity index (χ3n) is 2.21. The first kappa shape index (κ1) is 14.2. The number of hydrogen-bond donors (Lipinski definition) is 1. The minimum Gasteiger partial charge on any atom is -0.294 e. The molecule has 0 saturated heterocycles. The van der Waals surface area contributed by atoms with Crippen molar-refractivity contribution in [3.8, 4) is 0 Å². The number of benzene rings is 1. The predicted molar refractivity (Wildman–Crippen MR) is 68.8 cm³/mol. The van der Waals surface area contributed by atoms with Crippen LogP contribution in [0.2, 0.25) is 0 Å². The molecule has 1 unspecified atom stereocenters. The molecule has 1 nitrogen and oxygen atoms in total. The monoisotopic (exact) mass is 224 g/mol. The topological polar surface area (TPSA) is 17.1 Å². The minimum atomic E-state index is 0.116. The molecule has 0 fully saturated rings. The summed E-state index contributed by atoms with van der Waals surface area (Å²) in [7, 11) is 0. The van der Waals surface area contributed by atoms with E-state index in [9.17, 15) is 4.79 Å². The van der Waals surface area contributed by atoms with E-state index < -0.39 is 0 Å². The quantitative estimate of drug-likeness (QED) is 0.600. The molecule has 0 radical (unpaired) electrons. The first-order valence-corrected chi connectivity index (χ1v) is 5.93. The Morgan fingerprint density at radius 2 is 1.73 bits per heavy atom. The Balaban J connectivity index is 0.000000921. The van der Waals surface area contributed by atoms with Gasteiger partial charge in [0, 0.05) is 16.4 Å². The smallest absolute Gasteiger partial charge is 0.165 e. The molecule has 0 bridgehead atoms. The molecule has 1 atom stereocenters. The van der Waals surface area contributed by atoms with Crippen LogP contribution in [0, 0.1) is 5.92 Å². The Hall–Kier alpha value is -0.760. The molecule has 1 aromatic carbocycles. The van der Waals surface area contributed by atoms with Crippen molar-refractivity contribution in [3.05, 3.63) is 29.8 Å². The second-order valence-corrected chi connectivity index (χ2v) is 3.74. The molecule has 1 rings (SSSR count). The van der Waals surface area contributed by atoms with Crippen LogP contribution in [0.3, 0.4) is 0 Å². The Kier molecular flexibility index (Phi) is 7.14. The molecule has 84 valence electrons. The van der Waals surface area contributed by atoms with E-state index in [0.717, 1.165) is 16.9 Å². The second kappa shape index (κ2) is 7.52. The number of thiol groups is 1. The zero-order valence-corrected chi connectivity index (χ0v) is 10.8. The molecule has 0 aliphatic rings. The third kappa shape index (κ3) is 4.52. The van der Waals surface area contributed by atoms with Crippen molar-refractivity contribution < 1.29 is 4.79 Å². The summed E-state index contributed by atoms with van der Waals surface area (Å²) < 4.78 is 0. The summed E-state index contributed by atoms with van der Waals surface area (Å²) in [5.74, 6) is 0.335. The van der Waals surface area contributed by atoms with Gasteiger partial charge in [-0.25, -0.2) is 0 Å². The van der Waals surface area contributed by atoms with Gasteiger partial charge in [-0.15, -0.1) is 12.6 Å². The van der Waals surface area contributed by atoms with Crippen molar-refractivity contribution >= 4 is 18.4 Å². The molecule has 0 spiro atoms. The van der Waals surface area contributed by atoms with E-state index in [1.165, 1.54) is 0 Å². The maximum atomic E-state index is 11.7. The standard InChI is InChI=1S/C11H14OS.C2H6/c1-3-8(2)11(12)9-4-6-10(13)7-5-9;1-2/h4-8,13H,3H2,1-2H3;1-2H3. The lowest BCUT2D eigenvalue weighted by atomic mass is 9.97. The van der Waals surface area contributed by atoms with Crippen LogP contribution < -0.4 is 0 Å². The van der Waals surface area contributed by atoms with Crippen LogP contribution in [-0.4, -0.2) is 5.78 Å². The highest BCUT2D eigenvalue weighted by Gasteiger charge is 2.12. The number of Topliss-reactive ketones (excluding diaryl/α,β-unsaturated/α-hetero) is 1. The van der Waals surface area contributed by atoms with Gasteiger partial charge in [-0.2, -0.15) is 0 Å². The molecule has 15 heavy (non-hydrogen) atoms. The molecular weight excluding hydrogens is 204 g/mol. The molecule has 0 N–H and O–H groups in total. The number of carbonyl (C=O) groups excluding carboxylic acids is 1. The summed E-state index contributed by atoms with van der Waals surface area (Å²) in [5, 5.41) is 0. The van der Waals surface area contributed by atoms with Crippen molar-refractivity contribution in [1.82, 2.24) is 0 Å². The SMILES string of the molecule is CC.CCC(C)C(=O)c1ccc(S)cc1. The molecule has 0 aliphatic heterocycles. The average Bonchev–Trinajstić information content (AvgIpc) is 2.31. The number of ketones is 1. The van der Waals surface area contributed by atoms with Gasteiger partial charge in [0.1, 0.15) is 0 Å². The maximum absolute atomic E-state index is 11.7. The fourth-order valence-electron chi connectivity index (χ4n) is 1.10. The van der Waals surface area contributed by atoms with Crippen molar-refractivity contribution in [2.24, 2.45) is 5.92 Å². The van der Waals surface area contributed by atoms with Crippen LogP contribution in [-0.2, 0) is 0 Å². The van der Waals surface area contributed by atoms with E-state index >= 15 is 0 Å². The van der Waals surface area contributed by atoms with E-state index in [1.807, 2.05) is 52.0 Å². The van der Waals surface area contributed by atoms with Crippen LogP contribution in [0.25, 0.3) is 0 Å². The fraction of sp³-hybridized carbons (Fsp3) is 0.462. The number of hydrogen-bond acceptors (Lipinski definition) is 2. The Bertz CT molecular complexity index is 290. The first-order chi connectivity index (χ1) is 7.15. The molecule has 2 heteroatoms. The third-order valence-corrected chi connectivity index (χ3v) is 2.51. The Morgan fingerprint density at radius 3 is 2.13 bits per heavy atom. The largest absolute Gasteiger partial charge is 0.294 e. The fourth-order valence-corrected chi connectivity index (χ4v) is 1.24. The minimum absolute atomic E-state index is 0.116. The van der Waals surface area contributed by atoms with Gasteiger partial charge < -0.3 is 0 Å². The number of rotatable bonds is 3. The van der Waals surface area contributed by atoms with Crippen LogP contribution >= 0.6 is 12.6 Å².